The van der Waals surface area contributed by atoms with Crippen LogP contribution in [0.4, 0.5) is 0 Å². The highest BCUT2D eigenvalue weighted by Gasteiger charge is 2.50. The summed E-state index contributed by atoms with van der Waals surface area (Å²) in [7, 11) is 4.24. The van der Waals surface area contributed by atoms with Crippen molar-refractivity contribution in [2.75, 3.05) is 20.6 Å². The molecule has 0 saturated heterocycles. The number of hydrogen-bond acceptors (Lipinski definition) is 2. The smallest absolute Gasteiger partial charge is 0.0161 e. The van der Waals surface area contributed by atoms with Crippen LogP contribution in [0.15, 0.2) is 0 Å². The van der Waals surface area contributed by atoms with Crippen LogP contribution in [0.3, 0.4) is 0 Å². The van der Waals surface area contributed by atoms with E-state index in [1.54, 1.807) is 0 Å². The summed E-state index contributed by atoms with van der Waals surface area (Å²) in [5.74, 6) is 0.954. The zero-order valence-corrected chi connectivity index (χ0v) is 9.60. The summed E-state index contributed by atoms with van der Waals surface area (Å²) >= 11 is 0. The Morgan fingerprint density at radius 1 is 1.21 bits per heavy atom. The SMILES string of the molecule is CNCC1(C(NC)C2CCCC2)CC1. The van der Waals surface area contributed by atoms with Crippen molar-refractivity contribution in [1.29, 1.82) is 0 Å². The Hall–Kier alpha value is -0.0800. The van der Waals surface area contributed by atoms with Crippen molar-refractivity contribution in [3.05, 3.63) is 0 Å². The van der Waals surface area contributed by atoms with Gasteiger partial charge in [0, 0.05) is 12.6 Å². The van der Waals surface area contributed by atoms with Crippen molar-refractivity contribution in [2.24, 2.45) is 11.3 Å². The van der Waals surface area contributed by atoms with Crippen LogP contribution in [0.1, 0.15) is 38.5 Å². The number of rotatable bonds is 5. The van der Waals surface area contributed by atoms with Crippen LogP contribution < -0.4 is 10.6 Å². The quantitative estimate of drug-likeness (QED) is 0.700. The van der Waals surface area contributed by atoms with Crippen molar-refractivity contribution in [1.82, 2.24) is 10.6 Å². The van der Waals surface area contributed by atoms with Crippen LogP contribution in [0.25, 0.3) is 0 Å². The highest BCUT2D eigenvalue weighted by atomic mass is 15.0. The van der Waals surface area contributed by atoms with Gasteiger partial charge in [-0.3, -0.25) is 0 Å². The largest absolute Gasteiger partial charge is 0.319 e. The monoisotopic (exact) mass is 196 g/mol. The molecule has 0 bridgehead atoms. The molecule has 2 rings (SSSR count). The Kier molecular flexibility index (Phi) is 3.13. The highest BCUT2D eigenvalue weighted by Crippen LogP contribution is 2.52. The average Bonchev–Trinajstić information content (AvgIpc) is 2.77. The summed E-state index contributed by atoms with van der Waals surface area (Å²) in [5, 5.41) is 6.96. The zero-order chi connectivity index (χ0) is 10.0. The molecule has 1 unspecified atom stereocenters. The van der Waals surface area contributed by atoms with E-state index < -0.39 is 0 Å². The van der Waals surface area contributed by atoms with E-state index in [0.717, 1.165) is 12.0 Å². The molecule has 0 spiro atoms. The van der Waals surface area contributed by atoms with Gasteiger partial charge >= 0.3 is 0 Å². The maximum atomic E-state index is 3.59. The van der Waals surface area contributed by atoms with Crippen molar-refractivity contribution in [2.45, 2.75) is 44.6 Å². The third kappa shape index (κ3) is 1.82. The fourth-order valence-corrected chi connectivity index (χ4v) is 3.44. The summed E-state index contributed by atoms with van der Waals surface area (Å²) in [5.41, 5.74) is 0.610. The summed E-state index contributed by atoms with van der Waals surface area (Å²) in [4.78, 5) is 0. The van der Waals surface area contributed by atoms with Crippen molar-refractivity contribution >= 4 is 0 Å². The van der Waals surface area contributed by atoms with Crippen LogP contribution in [0.5, 0.6) is 0 Å². The molecule has 0 radical (unpaired) electrons. The van der Waals surface area contributed by atoms with Crippen molar-refractivity contribution in [3.8, 4) is 0 Å². The van der Waals surface area contributed by atoms with Crippen LogP contribution in [0.2, 0.25) is 0 Å². The topological polar surface area (TPSA) is 24.1 Å². The molecule has 0 aromatic heterocycles. The van der Waals surface area contributed by atoms with E-state index >= 15 is 0 Å². The third-order valence-electron chi connectivity index (χ3n) is 4.26. The first-order valence-corrected chi connectivity index (χ1v) is 6.14. The minimum absolute atomic E-state index is 0.610. The lowest BCUT2D eigenvalue weighted by molar-refractivity contribution is 0.248. The molecule has 2 fully saturated rings. The Labute approximate surface area is 87.8 Å². The lowest BCUT2D eigenvalue weighted by Gasteiger charge is -2.31. The van der Waals surface area contributed by atoms with E-state index in [1.807, 2.05) is 0 Å². The second kappa shape index (κ2) is 4.19. The molecule has 0 aliphatic heterocycles. The molecule has 1 atom stereocenters. The van der Waals surface area contributed by atoms with Gasteiger partial charge < -0.3 is 10.6 Å². The molecule has 0 aromatic rings. The summed E-state index contributed by atoms with van der Waals surface area (Å²) in [6.45, 7) is 1.20. The molecule has 82 valence electrons. The molecule has 0 amide bonds. The number of hydrogen-bond donors (Lipinski definition) is 2. The van der Waals surface area contributed by atoms with Gasteiger partial charge in [-0.2, -0.15) is 0 Å². The van der Waals surface area contributed by atoms with Crippen LogP contribution >= 0.6 is 0 Å². The molecule has 2 heteroatoms. The molecule has 2 aliphatic carbocycles. The van der Waals surface area contributed by atoms with Gasteiger partial charge in [-0.1, -0.05) is 12.8 Å². The fourth-order valence-electron chi connectivity index (χ4n) is 3.44. The van der Waals surface area contributed by atoms with E-state index in [0.29, 0.717) is 5.41 Å². The van der Waals surface area contributed by atoms with Gasteiger partial charge in [0.1, 0.15) is 0 Å². The summed E-state index contributed by atoms with van der Waals surface area (Å²) < 4.78 is 0. The maximum Gasteiger partial charge on any atom is 0.0161 e. The molecule has 2 saturated carbocycles. The van der Waals surface area contributed by atoms with E-state index in [4.69, 9.17) is 0 Å². The van der Waals surface area contributed by atoms with E-state index in [1.165, 1.54) is 45.1 Å². The van der Waals surface area contributed by atoms with E-state index in [9.17, 15) is 0 Å². The molecule has 0 heterocycles. The molecular weight excluding hydrogens is 172 g/mol. The highest BCUT2D eigenvalue weighted by molar-refractivity contribution is 5.05. The second-order valence-electron chi connectivity index (χ2n) is 5.20. The lowest BCUT2D eigenvalue weighted by Crippen LogP contribution is -2.44. The third-order valence-corrected chi connectivity index (χ3v) is 4.26. The molecule has 14 heavy (non-hydrogen) atoms. The van der Waals surface area contributed by atoms with Crippen LogP contribution in [-0.2, 0) is 0 Å². The second-order valence-corrected chi connectivity index (χ2v) is 5.20. The van der Waals surface area contributed by atoms with Gasteiger partial charge in [0.25, 0.3) is 0 Å². The average molecular weight is 196 g/mol. The Bertz CT molecular complexity index is 181. The fraction of sp³-hybridized carbons (Fsp3) is 1.00. The number of nitrogens with one attached hydrogen (secondary N) is 2. The Morgan fingerprint density at radius 2 is 1.86 bits per heavy atom. The molecule has 2 nitrogen and oxygen atoms in total. The molecule has 2 N–H and O–H groups in total. The van der Waals surface area contributed by atoms with Crippen molar-refractivity contribution in [3.63, 3.8) is 0 Å². The van der Waals surface area contributed by atoms with Gasteiger partial charge in [0.2, 0.25) is 0 Å². The standard InChI is InChI=1S/C12H24N2/c1-13-9-12(7-8-12)11(14-2)10-5-3-4-6-10/h10-11,13-14H,3-9H2,1-2H3. The van der Waals surface area contributed by atoms with Gasteiger partial charge in [-0.15, -0.1) is 0 Å². The van der Waals surface area contributed by atoms with Gasteiger partial charge in [-0.05, 0) is 51.1 Å². The van der Waals surface area contributed by atoms with Crippen LogP contribution in [0, 0.1) is 11.3 Å². The van der Waals surface area contributed by atoms with E-state index in [-0.39, 0.29) is 0 Å². The maximum absolute atomic E-state index is 3.59. The summed E-state index contributed by atoms with van der Waals surface area (Å²) in [6.07, 6.45) is 8.68. The Morgan fingerprint density at radius 3 is 2.29 bits per heavy atom. The summed E-state index contributed by atoms with van der Waals surface area (Å²) in [6, 6.07) is 0.775. The van der Waals surface area contributed by atoms with E-state index in [2.05, 4.69) is 24.7 Å². The van der Waals surface area contributed by atoms with Gasteiger partial charge in [0.15, 0.2) is 0 Å². The predicted molar refractivity (Wildman–Crippen MR) is 60.4 cm³/mol. The molecule has 2 aliphatic rings. The molecule has 0 aromatic carbocycles. The minimum Gasteiger partial charge on any atom is -0.319 e. The van der Waals surface area contributed by atoms with Crippen LogP contribution in [-0.4, -0.2) is 26.7 Å². The Balaban J connectivity index is 1.97. The first-order valence-electron chi connectivity index (χ1n) is 6.14. The van der Waals surface area contributed by atoms with Gasteiger partial charge in [-0.25, -0.2) is 0 Å². The lowest BCUT2D eigenvalue weighted by atomic mass is 9.84. The van der Waals surface area contributed by atoms with Crippen molar-refractivity contribution < 1.29 is 0 Å². The minimum atomic E-state index is 0.610. The predicted octanol–water partition coefficient (Wildman–Crippen LogP) is 1.76. The van der Waals surface area contributed by atoms with Gasteiger partial charge in [0.05, 0.1) is 0 Å². The normalized spacial score (nSPS) is 27.9. The molecular formula is C12H24N2. The zero-order valence-electron chi connectivity index (χ0n) is 9.60. The first-order chi connectivity index (χ1) is 6.82. The first kappa shape index (κ1) is 10.4.